The van der Waals surface area contributed by atoms with E-state index in [1.165, 1.54) is 0 Å². The lowest BCUT2D eigenvalue weighted by atomic mass is 10.2. The fourth-order valence-corrected chi connectivity index (χ4v) is 1.20. The number of imide groups is 1. The van der Waals surface area contributed by atoms with Gasteiger partial charge in [0.25, 0.3) is 0 Å². The van der Waals surface area contributed by atoms with Gasteiger partial charge in [0.15, 0.2) is 0 Å². The number of hydrogen-bond acceptors (Lipinski definition) is 4. The summed E-state index contributed by atoms with van der Waals surface area (Å²) in [6, 6.07) is 0. The molecule has 2 amide bonds. The van der Waals surface area contributed by atoms with Crippen LogP contribution in [0.15, 0.2) is 0 Å². The van der Waals surface area contributed by atoms with E-state index >= 15 is 0 Å². The molecular formula is C9H15NO4. The summed E-state index contributed by atoms with van der Waals surface area (Å²) in [7, 11) is 0. The van der Waals surface area contributed by atoms with Gasteiger partial charge in [0, 0.05) is 12.8 Å². The van der Waals surface area contributed by atoms with E-state index in [9.17, 15) is 14.7 Å². The van der Waals surface area contributed by atoms with E-state index < -0.39 is 17.9 Å². The Morgan fingerprint density at radius 1 is 1.57 bits per heavy atom. The number of ether oxygens (including phenoxy) is 1. The van der Waals surface area contributed by atoms with Crippen molar-refractivity contribution in [2.24, 2.45) is 0 Å². The van der Waals surface area contributed by atoms with Crippen molar-refractivity contribution in [2.45, 2.75) is 45.4 Å². The first-order chi connectivity index (χ1) is 6.31. The third kappa shape index (κ3) is 2.45. The Hall–Kier alpha value is -1.10. The summed E-state index contributed by atoms with van der Waals surface area (Å²) in [4.78, 5) is 23.4. The van der Waals surface area contributed by atoms with Gasteiger partial charge in [-0.05, 0) is 20.8 Å². The molecular weight excluding hydrogens is 186 g/mol. The Kier molecular flexibility index (Phi) is 2.80. The average molecular weight is 201 g/mol. The number of likely N-dealkylation sites (tertiary alicyclic amines) is 1. The molecule has 5 heteroatoms. The van der Waals surface area contributed by atoms with Crippen LogP contribution >= 0.6 is 0 Å². The van der Waals surface area contributed by atoms with Crippen molar-refractivity contribution in [1.29, 1.82) is 0 Å². The van der Waals surface area contributed by atoms with Crippen LogP contribution in [0, 0.1) is 0 Å². The highest BCUT2D eigenvalue weighted by Gasteiger charge is 2.37. The second-order valence-corrected chi connectivity index (χ2v) is 4.26. The third-order valence-electron chi connectivity index (χ3n) is 1.77. The lowest BCUT2D eigenvalue weighted by molar-refractivity contribution is -0.131. The maximum absolute atomic E-state index is 11.4. The molecule has 1 rings (SSSR count). The lowest BCUT2D eigenvalue weighted by Crippen LogP contribution is -2.42. The molecule has 0 radical (unpaired) electrons. The molecule has 1 heterocycles. The summed E-state index contributed by atoms with van der Waals surface area (Å²) >= 11 is 0. The Bertz CT molecular complexity index is 256. The monoisotopic (exact) mass is 201 g/mol. The van der Waals surface area contributed by atoms with Crippen LogP contribution in [0.25, 0.3) is 0 Å². The van der Waals surface area contributed by atoms with Crippen molar-refractivity contribution in [3.05, 3.63) is 0 Å². The number of hydrogen-bond donors (Lipinski definition) is 1. The van der Waals surface area contributed by atoms with Crippen LogP contribution < -0.4 is 0 Å². The number of nitrogens with zero attached hydrogens (tertiary/aromatic N) is 1. The molecule has 0 bridgehead atoms. The summed E-state index contributed by atoms with van der Waals surface area (Å²) in [6.45, 7) is 5.12. The molecule has 1 saturated heterocycles. The summed E-state index contributed by atoms with van der Waals surface area (Å²) in [5.41, 5.74) is -0.653. The van der Waals surface area contributed by atoms with Crippen LogP contribution in [0.2, 0.25) is 0 Å². The zero-order valence-electron chi connectivity index (χ0n) is 8.61. The van der Waals surface area contributed by atoms with Gasteiger partial charge in [-0.1, -0.05) is 0 Å². The van der Waals surface area contributed by atoms with Gasteiger partial charge >= 0.3 is 6.09 Å². The van der Waals surface area contributed by atoms with Gasteiger partial charge in [0.05, 0.1) is 0 Å². The zero-order chi connectivity index (χ0) is 10.9. The molecule has 1 unspecified atom stereocenters. The molecule has 0 aromatic rings. The van der Waals surface area contributed by atoms with Crippen LogP contribution in [0.4, 0.5) is 4.79 Å². The van der Waals surface area contributed by atoms with E-state index in [2.05, 4.69) is 0 Å². The minimum Gasteiger partial charge on any atom is -0.443 e. The molecule has 0 aliphatic carbocycles. The molecule has 0 aromatic carbocycles. The fraction of sp³-hybridized carbons (Fsp3) is 0.778. The number of amides is 2. The summed E-state index contributed by atoms with van der Waals surface area (Å²) in [5, 5.41) is 9.33. The Morgan fingerprint density at radius 2 is 2.14 bits per heavy atom. The van der Waals surface area contributed by atoms with Gasteiger partial charge in [-0.25, -0.2) is 9.69 Å². The molecule has 1 N–H and O–H groups in total. The summed E-state index contributed by atoms with van der Waals surface area (Å²) in [6.07, 6.45) is -1.32. The molecule has 0 aromatic heterocycles. The summed E-state index contributed by atoms with van der Waals surface area (Å²) < 4.78 is 4.97. The molecule has 0 spiro atoms. The van der Waals surface area contributed by atoms with E-state index in [0.29, 0.717) is 0 Å². The Balaban J connectivity index is 2.65. The van der Waals surface area contributed by atoms with E-state index in [4.69, 9.17) is 4.74 Å². The number of carbonyl (C=O) groups is 2. The van der Waals surface area contributed by atoms with Crippen LogP contribution in [-0.4, -0.2) is 33.8 Å². The van der Waals surface area contributed by atoms with Crippen molar-refractivity contribution in [3.8, 4) is 0 Å². The predicted molar refractivity (Wildman–Crippen MR) is 48.3 cm³/mol. The second kappa shape index (κ2) is 3.57. The van der Waals surface area contributed by atoms with E-state index in [1.807, 2.05) is 0 Å². The Labute approximate surface area is 82.6 Å². The fourth-order valence-electron chi connectivity index (χ4n) is 1.20. The minimum absolute atomic E-state index is 0.195. The normalized spacial score (nSPS) is 22.7. The van der Waals surface area contributed by atoms with E-state index in [1.54, 1.807) is 20.8 Å². The second-order valence-electron chi connectivity index (χ2n) is 4.26. The van der Waals surface area contributed by atoms with Gasteiger partial charge in [-0.3, -0.25) is 4.79 Å². The molecule has 5 nitrogen and oxygen atoms in total. The molecule has 1 aliphatic heterocycles. The van der Waals surface area contributed by atoms with Crippen molar-refractivity contribution >= 4 is 12.0 Å². The molecule has 0 saturated carbocycles. The van der Waals surface area contributed by atoms with Crippen molar-refractivity contribution in [1.82, 2.24) is 4.90 Å². The maximum Gasteiger partial charge on any atom is 0.419 e. The highest BCUT2D eigenvalue weighted by molar-refractivity contribution is 5.93. The van der Waals surface area contributed by atoms with Gasteiger partial charge in [0.1, 0.15) is 11.8 Å². The van der Waals surface area contributed by atoms with E-state index in [-0.39, 0.29) is 18.7 Å². The SMILES string of the molecule is CC(C)(C)OC(=O)N1C(=O)CCC1O. The molecule has 80 valence electrons. The van der Waals surface area contributed by atoms with Crippen LogP contribution in [0.1, 0.15) is 33.6 Å². The number of carbonyl (C=O) groups excluding carboxylic acids is 2. The molecule has 14 heavy (non-hydrogen) atoms. The van der Waals surface area contributed by atoms with E-state index in [0.717, 1.165) is 4.90 Å². The quantitative estimate of drug-likeness (QED) is 0.631. The molecule has 1 fully saturated rings. The molecule has 1 atom stereocenters. The smallest absolute Gasteiger partial charge is 0.419 e. The third-order valence-corrected chi connectivity index (χ3v) is 1.77. The van der Waals surface area contributed by atoms with Crippen molar-refractivity contribution in [2.75, 3.05) is 0 Å². The van der Waals surface area contributed by atoms with Crippen molar-refractivity contribution in [3.63, 3.8) is 0 Å². The van der Waals surface area contributed by atoms with Gasteiger partial charge < -0.3 is 9.84 Å². The van der Waals surface area contributed by atoms with Crippen LogP contribution in [-0.2, 0) is 9.53 Å². The highest BCUT2D eigenvalue weighted by Crippen LogP contribution is 2.19. The standard InChI is InChI=1S/C9H15NO4/c1-9(2,3)14-8(13)10-6(11)4-5-7(10)12/h6,11H,4-5H2,1-3H3. The van der Waals surface area contributed by atoms with Gasteiger partial charge in [0.2, 0.25) is 5.91 Å². The van der Waals surface area contributed by atoms with Gasteiger partial charge in [-0.2, -0.15) is 0 Å². The number of rotatable bonds is 0. The summed E-state index contributed by atoms with van der Waals surface area (Å²) in [5.74, 6) is -0.383. The highest BCUT2D eigenvalue weighted by atomic mass is 16.6. The Morgan fingerprint density at radius 3 is 2.50 bits per heavy atom. The van der Waals surface area contributed by atoms with Gasteiger partial charge in [-0.15, -0.1) is 0 Å². The minimum atomic E-state index is -1.03. The van der Waals surface area contributed by atoms with Crippen LogP contribution in [0.3, 0.4) is 0 Å². The number of aliphatic hydroxyl groups excluding tert-OH is 1. The number of aliphatic hydroxyl groups is 1. The topological polar surface area (TPSA) is 66.8 Å². The zero-order valence-corrected chi connectivity index (χ0v) is 8.61. The average Bonchev–Trinajstić information content (AvgIpc) is 2.27. The largest absolute Gasteiger partial charge is 0.443 e. The predicted octanol–water partition coefficient (Wildman–Crippen LogP) is 0.862. The lowest BCUT2D eigenvalue weighted by Gasteiger charge is -2.24. The first kappa shape index (κ1) is 11.0. The van der Waals surface area contributed by atoms with Crippen molar-refractivity contribution < 1.29 is 19.4 Å². The first-order valence-electron chi connectivity index (χ1n) is 4.54. The van der Waals surface area contributed by atoms with Crippen LogP contribution in [0.5, 0.6) is 0 Å². The first-order valence-corrected chi connectivity index (χ1v) is 4.54. The molecule has 1 aliphatic rings. The maximum atomic E-state index is 11.4.